The molecule has 12 aromatic rings. The average molecular weight is 752 g/mol. The number of para-hydroxylation sites is 4. The molecule has 0 aliphatic carbocycles. The van der Waals surface area contributed by atoms with E-state index in [1.807, 2.05) is 0 Å². The zero-order chi connectivity index (χ0) is 38.9. The highest BCUT2D eigenvalue weighted by Gasteiger charge is 2.18. The van der Waals surface area contributed by atoms with Gasteiger partial charge in [-0.3, -0.25) is 0 Å². The topological polar surface area (TPSA) is 13.1 Å². The van der Waals surface area contributed by atoms with Crippen molar-refractivity contribution < 1.29 is 0 Å². The number of aromatic nitrogens is 2. The Labute approximate surface area is 341 Å². The van der Waals surface area contributed by atoms with Crippen molar-refractivity contribution in [2.24, 2.45) is 0 Å². The van der Waals surface area contributed by atoms with Gasteiger partial charge in [-0.15, -0.1) is 0 Å². The first kappa shape index (κ1) is 33.3. The third-order valence-corrected chi connectivity index (χ3v) is 12.1. The molecule has 0 radical (unpaired) electrons. The van der Waals surface area contributed by atoms with Crippen molar-refractivity contribution in [2.75, 3.05) is 4.90 Å². The summed E-state index contributed by atoms with van der Waals surface area (Å²) < 4.78 is 4.80. The van der Waals surface area contributed by atoms with E-state index in [0.717, 1.165) is 28.4 Å². The third-order valence-electron chi connectivity index (χ3n) is 12.1. The maximum absolute atomic E-state index is 2.43. The number of hydrogen-bond donors (Lipinski definition) is 0. The molecule has 0 saturated carbocycles. The van der Waals surface area contributed by atoms with Gasteiger partial charge in [0, 0.05) is 50.0 Å². The minimum atomic E-state index is 1.10. The van der Waals surface area contributed by atoms with Gasteiger partial charge in [-0.2, -0.15) is 0 Å². The van der Waals surface area contributed by atoms with E-state index in [9.17, 15) is 0 Å². The molecule has 59 heavy (non-hydrogen) atoms. The third kappa shape index (κ3) is 5.36. The van der Waals surface area contributed by atoms with Crippen molar-refractivity contribution in [3.63, 3.8) is 0 Å². The SMILES string of the molecule is c1ccc(N(c2ccc(-c3ccc(-n4c5ccccc5c5ccccc54)cc3)cc2)c2ccc3c4ccccc4n(-c4ccc5c(ccc6ccccc65)c4)c3c2)cc1. The summed E-state index contributed by atoms with van der Waals surface area (Å²) in [7, 11) is 0. The van der Waals surface area contributed by atoms with Crippen LogP contribution in [0.5, 0.6) is 0 Å². The second kappa shape index (κ2) is 13.4. The van der Waals surface area contributed by atoms with Crippen LogP contribution in [0.2, 0.25) is 0 Å². The number of nitrogens with zero attached hydrogens (tertiary/aromatic N) is 3. The number of fused-ring (bicyclic) bond motifs is 9. The second-order valence-corrected chi connectivity index (χ2v) is 15.4. The van der Waals surface area contributed by atoms with Gasteiger partial charge in [-0.05, 0) is 112 Å². The van der Waals surface area contributed by atoms with Crippen molar-refractivity contribution in [3.8, 4) is 22.5 Å². The molecule has 2 aromatic heterocycles. The Kier molecular flexibility index (Phi) is 7.54. The Morgan fingerprint density at radius 3 is 1.36 bits per heavy atom. The van der Waals surface area contributed by atoms with Crippen LogP contribution in [0, 0.1) is 0 Å². The van der Waals surface area contributed by atoms with Crippen LogP contribution >= 0.6 is 0 Å². The molecule has 3 heteroatoms. The standard InChI is InChI=1S/C56H37N3/c1-2-13-42(14-3-1)57(43-28-24-38(25-29-43)39-26-30-44(31-27-39)58-53-19-9-6-16-49(53)50-17-7-10-20-54(50)58)46-33-35-52-51-18-8-11-21-55(51)59(56(52)37-46)45-32-34-48-41(36-45)23-22-40-12-4-5-15-47(40)48/h1-37H. The fraction of sp³-hybridized carbons (Fsp3) is 0. The lowest BCUT2D eigenvalue weighted by Crippen LogP contribution is -2.10. The molecular formula is C56H37N3. The molecule has 2 heterocycles. The van der Waals surface area contributed by atoms with Crippen LogP contribution in [-0.2, 0) is 0 Å². The average Bonchev–Trinajstić information content (AvgIpc) is 3.82. The lowest BCUT2D eigenvalue weighted by Gasteiger charge is -2.26. The first-order valence-electron chi connectivity index (χ1n) is 20.3. The van der Waals surface area contributed by atoms with Crippen molar-refractivity contribution in [1.29, 1.82) is 0 Å². The molecule has 3 nitrogen and oxygen atoms in total. The molecule has 0 bridgehead atoms. The maximum atomic E-state index is 2.43. The van der Waals surface area contributed by atoms with Crippen LogP contribution in [0.3, 0.4) is 0 Å². The minimum absolute atomic E-state index is 1.10. The fourth-order valence-corrected chi connectivity index (χ4v) is 9.35. The summed E-state index contributed by atoms with van der Waals surface area (Å²) in [6.07, 6.45) is 0. The summed E-state index contributed by atoms with van der Waals surface area (Å²) in [5, 5.41) is 10.1. The highest BCUT2D eigenvalue weighted by atomic mass is 15.1. The summed E-state index contributed by atoms with van der Waals surface area (Å²) in [4.78, 5) is 2.36. The number of anilines is 3. The van der Waals surface area contributed by atoms with Gasteiger partial charge in [-0.25, -0.2) is 0 Å². The number of rotatable bonds is 6. The predicted molar refractivity (Wildman–Crippen MR) is 250 cm³/mol. The highest BCUT2D eigenvalue weighted by molar-refractivity contribution is 6.12. The molecule has 0 aliphatic rings. The van der Waals surface area contributed by atoms with Gasteiger partial charge in [0.1, 0.15) is 0 Å². The molecule has 0 amide bonds. The fourth-order valence-electron chi connectivity index (χ4n) is 9.35. The summed E-state index contributed by atoms with van der Waals surface area (Å²) >= 11 is 0. The van der Waals surface area contributed by atoms with Gasteiger partial charge in [-0.1, -0.05) is 146 Å². The Hall–Kier alpha value is -7.88. The zero-order valence-electron chi connectivity index (χ0n) is 32.2. The molecule has 10 aromatic carbocycles. The molecule has 276 valence electrons. The number of hydrogen-bond acceptors (Lipinski definition) is 1. The summed E-state index contributed by atoms with van der Waals surface area (Å²) in [6, 6.07) is 81.7. The molecule has 0 atom stereocenters. The van der Waals surface area contributed by atoms with E-state index < -0.39 is 0 Å². The Balaban J connectivity index is 0.947. The van der Waals surface area contributed by atoms with Crippen LogP contribution in [0.1, 0.15) is 0 Å². The van der Waals surface area contributed by atoms with E-state index in [1.165, 1.54) is 76.3 Å². The van der Waals surface area contributed by atoms with E-state index in [1.54, 1.807) is 0 Å². The van der Waals surface area contributed by atoms with Crippen molar-refractivity contribution in [3.05, 3.63) is 224 Å². The Bertz CT molecular complexity index is 3480. The van der Waals surface area contributed by atoms with E-state index in [0.29, 0.717) is 0 Å². The van der Waals surface area contributed by atoms with Crippen LogP contribution < -0.4 is 4.90 Å². The molecule has 0 fully saturated rings. The van der Waals surface area contributed by atoms with Gasteiger partial charge >= 0.3 is 0 Å². The van der Waals surface area contributed by atoms with E-state index in [2.05, 4.69) is 238 Å². The van der Waals surface area contributed by atoms with Crippen LogP contribution in [-0.4, -0.2) is 9.13 Å². The molecule has 0 spiro atoms. The van der Waals surface area contributed by atoms with Gasteiger partial charge in [0.05, 0.1) is 22.1 Å². The maximum Gasteiger partial charge on any atom is 0.0561 e. The zero-order valence-corrected chi connectivity index (χ0v) is 32.2. The monoisotopic (exact) mass is 751 g/mol. The molecule has 0 unspecified atom stereocenters. The van der Waals surface area contributed by atoms with Crippen molar-refractivity contribution in [1.82, 2.24) is 9.13 Å². The molecular weight excluding hydrogens is 715 g/mol. The summed E-state index contributed by atoms with van der Waals surface area (Å²) in [5.74, 6) is 0. The van der Waals surface area contributed by atoms with Crippen LogP contribution in [0.4, 0.5) is 17.1 Å². The highest BCUT2D eigenvalue weighted by Crippen LogP contribution is 2.41. The Morgan fingerprint density at radius 1 is 0.254 bits per heavy atom. The Morgan fingerprint density at radius 2 is 0.695 bits per heavy atom. The van der Waals surface area contributed by atoms with E-state index >= 15 is 0 Å². The van der Waals surface area contributed by atoms with E-state index in [-0.39, 0.29) is 0 Å². The van der Waals surface area contributed by atoms with Gasteiger partial charge < -0.3 is 14.0 Å². The van der Waals surface area contributed by atoms with Gasteiger partial charge in [0.2, 0.25) is 0 Å². The smallest absolute Gasteiger partial charge is 0.0561 e. The molecule has 12 rings (SSSR count). The van der Waals surface area contributed by atoms with Crippen molar-refractivity contribution >= 4 is 82.2 Å². The van der Waals surface area contributed by atoms with Crippen LogP contribution in [0.15, 0.2) is 224 Å². The number of benzene rings is 10. The van der Waals surface area contributed by atoms with Gasteiger partial charge in [0.25, 0.3) is 0 Å². The van der Waals surface area contributed by atoms with E-state index in [4.69, 9.17) is 0 Å². The lowest BCUT2D eigenvalue weighted by molar-refractivity contribution is 1.18. The molecule has 0 saturated heterocycles. The van der Waals surface area contributed by atoms with Crippen LogP contribution in [0.25, 0.3) is 87.7 Å². The quantitative estimate of drug-likeness (QED) is 0.154. The minimum Gasteiger partial charge on any atom is -0.310 e. The molecule has 0 aliphatic heterocycles. The summed E-state index contributed by atoms with van der Waals surface area (Å²) in [5.41, 5.74) is 12.8. The molecule has 0 N–H and O–H groups in total. The lowest BCUT2D eigenvalue weighted by atomic mass is 10.0. The largest absolute Gasteiger partial charge is 0.310 e. The second-order valence-electron chi connectivity index (χ2n) is 15.4. The van der Waals surface area contributed by atoms with Crippen molar-refractivity contribution in [2.45, 2.75) is 0 Å². The summed E-state index contributed by atoms with van der Waals surface area (Å²) in [6.45, 7) is 0. The van der Waals surface area contributed by atoms with Gasteiger partial charge in [0.15, 0.2) is 0 Å². The predicted octanol–water partition coefficient (Wildman–Crippen LogP) is 15.3. The normalized spacial score (nSPS) is 11.7. The first-order valence-corrected chi connectivity index (χ1v) is 20.3. The first-order chi connectivity index (χ1) is 29.3.